The minimum atomic E-state index is -0.0370. The van der Waals surface area contributed by atoms with Crippen molar-refractivity contribution in [2.45, 2.75) is 64.1 Å². The molecule has 4 rings (SSSR count). The van der Waals surface area contributed by atoms with E-state index in [1.807, 2.05) is 21.9 Å². The number of rotatable bonds is 8. The minimum Gasteiger partial charge on any atom is -0.497 e. The Morgan fingerprint density at radius 3 is 2.47 bits per heavy atom. The van der Waals surface area contributed by atoms with Gasteiger partial charge in [-0.2, -0.15) is 0 Å². The molecule has 1 atom stereocenters. The molecule has 1 aromatic rings. The van der Waals surface area contributed by atoms with Crippen molar-refractivity contribution >= 4 is 11.8 Å². The van der Waals surface area contributed by atoms with E-state index in [0.29, 0.717) is 29.5 Å². The predicted octanol–water partition coefficient (Wildman–Crippen LogP) is 3.51. The molecule has 0 bridgehead atoms. The molecule has 2 amide bonds. The molecule has 7 heteroatoms. The summed E-state index contributed by atoms with van der Waals surface area (Å²) in [5.74, 6) is 1.76. The molecule has 1 saturated carbocycles. The zero-order valence-corrected chi connectivity index (χ0v) is 19.4. The smallest absolute Gasteiger partial charge is 0.257 e. The van der Waals surface area contributed by atoms with Crippen LogP contribution in [0.2, 0.25) is 0 Å². The van der Waals surface area contributed by atoms with Crippen LogP contribution in [0.4, 0.5) is 0 Å². The molecule has 1 aromatic carbocycles. The first-order valence-corrected chi connectivity index (χ1v) is 12.1. The van der Waals surface area contributed by atoms with Crippen molar-refractivity contribution in [3.63, 3.8) is 0 Å². The lowest BCUT2D eigenvalue weighted by Gasteiger charge is -2.34. The Morgan fingerprint density at radius 2 is 1.78 bits per heavy atom. The highest BCUT2D eigenvalue weighted by atomic mass is 16.5. The van der Waals surface area contributed by atoms with Gasteiger partial charge in [0.15, 0.2) is 0 Å². The SMILES string of the molecule is CCCO[C@H]1CCCN(C(=O)c2cc(OC)ccc2OC2CCN(C(=O)C3CC3)CC2)C1. The van der Waals surface area contributed by atoms with Gasteiger partial charge in [-0.25, -0.2) is 0 Å². The zero-order valence-electron chi connectivity index (χ0n) is 19.4. The lowest BCUT2D eigenvalue weighted by atomic mass is 10.0. The molecule has 2 heterocycles. The lowest BCUT2D eigenvalue weighted by Crippen LogP contribution is -2.44. The van der Waals surface area contributed by atoms with Crippen molar-refractivity contribution in [2.75, 3.05) is 39.9 Å². The summed E-state index contributed by atoms with van der Waals surface area (Å²) in [6.45, 7) is 5.60. The van der Waals surface area contributed by atoms with Crippen LogP contribution in [0.25, 0.3) is 0 Å². The average Bonchev–Trinajstić information content (AvgIpc) is 3.68. The molecular weight excluding hydrogens is 408 g/mol. The summed E-state index contributed by atoms with van der Waals surface area (Å²) in [6.07, 6.45) is 6.64. The van der Waals surface area contributed by atoms with Gasteiger partial charge in [-0.15, -0.1) is 0 Å². The Bertz CT molecular complexity index is 802. The van der Waals surface area contributed by atoms with Crippen LogP contribution < -0.4 is 9.47 Å². The normalized spacial score (nSPS) is 22.0. The summed E-state index contributed by atoms with van der Waals surface area (Å²) in [4.78, 5) is 29.6. The van der Waals surface area contributed by atoms with Crippen molar-refractivity contribution in [3.8, 4) is 11.5 Å². The lowest BCUT2D eigenvalue weighted by molar-refractivity contribution is -0.134. The maximum absolute atomic E-state index is 13.5. The number of benzene rings is 1. The minimum absolute atomic E-state index is 0.000176. The molecule has 1 aliphatic carbocycles. The third kappa shape index (κ3) is 5.55. The third-order valence-electron chi connectivity index (χ3n) is 6.61. The van der Waals surface area contributed by atoms with Gasteiger partial charge >= 0.3 is 0 Å². The fourth-order valence-corrected chi connectivity index (χ4v) is 4.58. The Labute approximate surface area is 191 Å². The van der Waals surface area contributed by atoms with E-state index in [1.165, 1.54) is 0 Å². The molecule has 0 aromatic heterocycles. The van der Waals surface area contributed by atoms with Crippen LogP contribution in [0.3, 0.4) is 0 Å². The van der Waals surface area contributed by atoms with Gasteiger partial charge in [0.05, 0.1) is 18.8 Å². The van der Waals surface area contributed by atoms with Gasteiger partial charge < -0.3 is 24.0 Å². The molecule has 0 unspecified atom stereocenters. The Morgan fingerprint density at radius 1 is 1.00 bits per heavy atom. The summed E-state index contributed by atoms with van der Waals surface area (Å²) in [6, 6.07) is 5.45. The van der Waals surface area contributed by atoms with Gasteiger partial charge in [0.2, 0.25) is 5.91 Å². The second-order valence-electron chi connectivity index (χ2n) is 9.17. The second-order valence-corrected chi connectivity index (χ2v) is 9.17. The first-order valence-electron chi connectivity index (χ1n) is 12.1. The summed E-state index contributed by atoms with van der Waals surface area (Å²) in [7, 11) is 1.60. The number of carbonyl (C=O) groups is 2. The van der Waals surface area contributed by atoms with Crippen molar-refractivity contribution in [3.05, 3.63) is 23.8 Å². The summed E-state index contributed by atoms with van der Waals surface area (Å²) < 4.78 is 17.6. The van der Waals surface area contributed by atoms with Crippen molar-refractivity contribution in [2.24, 2.45) is 5.92 Å². The van der Waals surface area contributed by atoms with E-state index in [0.717, 1.165) is 71.2 Å². The van der Waals surface area contributed by atoms with Gasteiger partial charge in [0.1, 0.15) is 17.6 Å². The number of likely N-dealkylation sites (tertiary alicyclic amines) is 2. The highest BCUT2D eigenvalue weighted by Gasteiger charge is 2.35. The Kier molecular flexibility index (Phi) is 7.55. The number of methoxy groups -OCH3 is 1. The molecule has 3 fully saturated rings. The zero-order chi connectivity index (χ0) is 22.5. The monoisotopic (exact) mass is 444 g/mol. The standard InChI is InChI=1S/C25H36N2O5/c1-3-15-31-21-5-4-12-27(17-21)25(29)22-16-20(30-2)8-9-23(22)32-19-10-13-26(14-11-19)24(28)18-6-7-18/h8-9,16,18-19,21H,3-7,10-15,17H2,1-2H3/t21-/m0/s1. The molecule has 2 aliphatic heterocycles. The number of ether oxygens (including phenoxy) is 3. The van der Waals surface area contributed by atoms with E-state index in [2.05, 4.69) is 6.92 Å². The summed E-state index contributed by atoms with van der Waals surface area (Å²) in [5, 5.41) is 0. The number of hydrogen-bond acceptors (Lipinski definition) is 5. The largest absolute Gasteiger partial charge is 0.497 e. The van der Waals surface area contributed by atoms with Gasteiger partial charge in [-0.3, -0.25) is 9.59 Å². The van der Waals surface area contributed by atoms with Crippen molar-refractivity contribution in [1.29, 1.82) is 0 Å². The quantitative estimate of drug-likeness (QED) is 0.614. The maximum Gasteiger partial charge on any atom is 0.257 e. The molecule has 0 N–H and O–H groups in total. The van der Waals surface area contributed by atoms with Crippen LogP contribution in [-0.2, 0) is 9.53 Å². The van der Waals surface area contributed by atoms with E-state index in [9.17, 15) is 9.59 Å². The van der Waals surface area contributed by atoms with Crippen LogP contribution >= 0.6 is 0 Å². The van der Waals surface area contributed by atoms with Crippen molar-refractivity contribution in [1.82, 2.24) is 9.80 Å². The van der Waals surface area contributed by atoms with Gasteiger partial charge in [-0.05, 0) is 50.3 Å². The van der Waals surface area contributed by atoms with Gasteiger partial charge in [-0.1, -0.05) is 6.92 Å². The number of hydrogen-bond donors (Lipinski definition) is 0. The second kappa shape index (κ2) is 10.6. The first-order chi connectivity index (χ1) is 15.6. The number of nitrogens with zero attached hydrogens (tertiary/aromatic N) is 2. The van der Waals surface area contributed by atoms with Crippen LogP contribution in [0.1, 0.15) is 62.2 Å². The highest BCUT2D eigenvalue weighted by molar-refractivity contribution is 5.97. The summed E-state index contributed by atoms with van der Waals surface area (Å²) >= 11 is 0. The molecule has 32 heavy (non-hydrogen) atoms. The molecule has 176 valence electrons. The predicted molar refractivity (Wildman–Crippen MR) is 121 cm³/mol. The van der Waals surface area contributed by atoms with Crippen LogP contribution in [0, 0.1) is 5.92 Å². The van der Waals surface area contributed by atoms with Crippen LogP contribution in [0.15, 0.2) is 18.2 Å². The molecule has 7 nitrogen and oxygen atoms in total. The van der Waals surface area contributed by atoms with E-state index >= 15 is 0 Å². The average molecular weight is 445 g/mol. The van der Waals surface area contributed by atoms with Gasteiger partial charge in [0.25, 0.3) is 5.91 Å². The third-order valence-corrected chi connectivity index (χ3v) is 6.61. The maximum atomic E-state index is 13.5. The molecule has 3 aliphatic rings. The number of piperidine rings is 2. The van der Waals surface area contributed by atoms with Crippen molar-refractivity contribution < 1.29 is 23.8 Å². The van der Waals surface area contributed by atoms with Gasteiger partial charge in [0, 0.05) is 51.5 Å². The molecule has 0 spiro atoms. The highest BCUT2D eigenvalue weighted by Crippen LogP contribution is 2.33. The number of carbonyl (C=O) groups excluding carboxylic acids is 2. The fraction of sp³-hybridized carbons (Fsp3) is 0.680. The summed E-state index contributed by atoms with van der Waals surface area (Å²) in [5.41, 5.74) is 0.539. The molecular formula is C25H36N2O5. The van der Waals surface area contributed by atoms with Crippen LogP contribution in [-0.4, -0.2) is 73.7 Å². The number of amides is 2. The first kappa shape index (κ1) is 22.9. The fourth-order valence-electron chi connectivity index (χ4n) is 4.58. The Balaban J connectivity index is 1.42. The Hall–Kier alpha value is -2.28. The van der Waals surface area contributed by atoms with E-state index in [1.54, 1.807) is 13.2 Å². The van der Waals surface area contributed by atoms with Crippen LogP contribution in [0.5, 0.6) is 11.5 Å². The van der Waals surface area contributed by atoms with E-state index in [-0.39, 0.29) is 24.0 Å². The topological polar surface area (TPSA) is 68.3 Å². The van der Waals surface area contributed by atoms with E-state index in [4.69, 9.17) is 14.2 Å². The molecule has 2 saturated heterocycles. The molecule has 0 radical (unpaired) electrons. The van der Waals surface area contributed by atoms with E-state index < -0.39 is 0 Å².